The van der Waals surface area contributed by atoms with Crippen molar-refractivity contribution in [2.75, 3.05) is 6.54 Å². The zero-order valence-electron chi connectivity index (χ0n) is 9.10. The molecule has 0 heterocycles. The van der Waals surface area contributed by atoms with Crippen LogP contribution in [0.3, 0.4) is 0 Å². The van der Waals surface area contributed by atoms with Gasteiger partial charge in [-0.2, -0.15) is 0 Å². The highest BCUT2D eigenvalue weighted by atomic mass is 35.5. The highest BCUT2D eigenvalue weighted by Crippen LogP contribution is 2.12. The molecule has 0 saturated heterocycles. The SMILES string of the molecule is CC(C)(C)CNCc1ccc(Cl)cc1. The number of rotatable bonds is 3. The minimum absolute atomic E-state index is 0.340. The fourth-order valence-corrected chi connectivity index (χ4v) is 1.31. The third-order valence-electron chi connectivity index (χ3n) is 1.90. The van der Waals surface area contributed by atoms with Crippen LogP contribution in [0.25, 0.3) is 0 Å². The average Bonchev–Trinajstić information content (AvgIpc) is 2.06. The Morgan fingerprint density at radius 1 is 1.14 bits per heavy atom. The maximum Gasteiger partial charge on any atom is 0.0406 e. The van der Waals surface area contributed by atoms with Gasteiger partial charge < -0.3 is 5.32 Å². The second kappa shape index (κ2) is 4.81. The zero-order chi connectivity index (χ0) is 10.6. The molecule has 0 bridgehead atoms. The number of nitrogens with one attached hydrogen (secondary N) is 1. The maximum absolute atomic E-state index is 5.80. The normalized spacial score (nSPS) is 11.7. The van der Waals surface area contributed by atoms with Gasteiger partial charge in [0.05, 0.1) is 0 Å². The van der Waals surface area contributed by atoms with E-state index in [0.717, 1.165) is 18.1 Å². The van der Waals surface area contributed by atoms with Gasteiger partial charge in [0.15, 0.2) is 0 Å². The lowest BCUT2D eigenvalue weighted by atomic mass is 9.97. The Bertz CT molecular complexity index is 271. The molecule has 0 radical (unpaired) electrons. The Kier molecular flexibility index (Phi) is 3.97. The van der Waals surface area contributed by atoms with E-state index in [-0.39, 0.29) is 0 Å². The summed E-state index contributed by atoms with van der Waals surface area (Å²) in [6, 6.07) is 7.96. The minimum atomic E-state index is 0.340. The smallest absolute Gasteiger partial charge is 0.0406 e. The monoisotopic (exact) mass is 211 g/mol. The average molecular weight is 212 g/mol. The van der Waals surface area contributed by atoms with Crippen LogP contribution in [0.15, 0.2) is 24.3 Å². The number of hydrogen-bond donors (Lipinski definition) is 1. The van der Waals surface area contributed by atoms with Crippen LogP contribution in [-0.4, -0.2) is 6.54 Å². The summed E-state index contributed by atoms with van der Waals surface area (Å²) < 4.78 is 0. The molecule has 0 saturated carbocycles. The van der Waals surface area contributed by atoms with E-state index < -0.39 is 0 Å². The molecule has 0 unspecified atom stereocenters. The first-order valence-corrected chi connectivity index (χ1v) is 5.30. The van der Waals surface area contributed by atoms with Crippen molar-refractivity contribution >= 4 is 11.6 Å². The predicted molar refractivity (Wildman–Crippen MR) is 62.6 cm³/mol. The molecule has 1 aromatic carbocycles. The van der Waals surface area contributed by atoms with E-state index in [9.17, 15) is 0 Å². The summed E-state index contributed by atoms with van der Waals surface area (Å²) in [5.41, 5.74) is 1.62. The lowest BCUT2D eigenvalue weighted by Crippen LogP contribution is -2.26. The molecule has 14 heavy (non-hydrogen) atoms. The largest absolute Gasteiger partial charge is 0.312 e. The summed E-state index contributed by atoms with van der Waals surface area (Å²) in [5.74, 6) is 0. The molecule has 0 atom stereocenters. The molecule has 1 rings (SSSR count). The topological polar surface area (TPSA) is 12.0 Å². The van der Waals surface area contributed by atoms with Crippen LogP contribution in [0.5, 0.6) is 0 Å². The van der Waals surface area contributed by atoms with E-state index in [1.54, 1.807) is 0 Å². The Labute approximate surface area is 91.5 Å². The van der Waals surface area contributed by atoms with Gasteiger partial charge in [0.25, 0.3) is 0 Å². The second-order valence-corrected chi connectivity index (χ2v) is 5.23. The van der Waals surface area contributed by atoms with E-state index in [2.05, 4.69) is 38.2 Å². The van der Waals surface area contributed by atoms with E-state index in [4.69, 9.17) is 11.6 Å². The highest BCUT2D eigenvalue weighted by Gasteiger charge is 2.08. The fourth-order valence-electron chi connectivity index (χ4n) is 1.18. The van der Waals surface area contributed by atoms with Crippen LogP contribution >= 0.6 is 11.6 Å². The van der Waals surface area contributed by atoms with Gasteiger partial charge in [-0.25, -0.2) is 0 Å². The molecule has 0 aliphatic rings. The summed E-state index contributed by atoms with van der Waals surface area (Å²) in [6.45, 7) is 8.61. The Morgan fingerprint density at radius 2 is 1.71 bits per heavy atom. The van der Waals surface area contributed by atoms with Crippen molar-refractivity contribution in [1.82, 2.24) is 5.32 Å². The fraction of sp³-hybridized carbons (Fsp3) is 0.500. The van der Waals surface area contributed by atoms with Crippen LogP contribution in [0.4, 0.5) is 0 Å². The predicted octanol–water partition coefficient (Wildman–Crippen LogP) is 3.48. The molecule has 0 aromatic heterocycles. The van der Waals surface area contributed by atoms with Gasteiger partial charge >= 0.3 is 0 Å². The van der Waals surface area contributed by atoms with Crippen LogP contribution < -0.4 is 5.32 Å². The van der Waals surface area contributed by atoms with Gasteiger partial charge in [0, 0.05) is 18.1 Å². The lowest BCUT2D eigenvalue weighted by molar-refractivity contribution is 0.379. The van der Waals surface area contributed by atoms with Crippen LogP contribution in [-0.2, 0) is 6.54 Å². The molecular formula is C12H18ClN. The molecule has 0 fully saturated rings. The van der Waals surface area contributed by atoms with Crippen LogP contribution in [0.1, 0.15) is 26.3 Å². The quantitative estimate of drug-likeness (QED) is 0.808. The number of hydrogen-bond acceptors (Lipinski definition) is 1. The molecule has 2 heteroatoms. The standard InChI is InChI=1S/C12H18ClN/c1-12(2,3)9-14-8-10-4-6-11(13)7-5-10/h4-7,14H,8-9H2,1-3H3. The zero-order valence-corrected chi connectivity index (χ0v) is 9.86. The van der Waals surface area contributed by atoms with Gasteiger partial charge in [-0.15, -0.1) is 0 Å². The number of halogens is 1. The second-order valence-electron chi connectivity index (χ2n) is 4.79. The first-order valence-electron chi connectivity index (χ1n) is 4.92. The van der Waals surface area contributed by atoms with E-state index in [1.807, 2.05) is 12.1 Å². The van der Waals surface area contributed by atoms with E-state index >= 15 is 0 Å². The summed E-state index contributed by atoms with van der Waals surface area (Å²) in [5, 5.41) is 4.21. The van der Waals surface area contributed by atoms with Crippen LogP contribution in [0.2, 0.25) is 5.02 Å². The molecule has 0 aliphatic heterocycles. The van der Waals surface area contributed by atoms with Crippen molar-refractivity contribution in [3.05, 3.63) is 34.9 Å². The molecule has 1 N–H and O–H groups in total. The lowest BCUT2D eigenvalue weighted by Gasteiger charge is -2.18. The summed E-state index contributed by atoms with van der Waals surface area (Å²) in [4.78, 5) is 0. The minimum Gasteiger partial charge on any atom is -0.312 e. The number of benzene rings is 1. The Balaban J connectivity index is 2.35. The van der Waals surface area contributed by atoms with Crippen molar-refractivity contribution < 1.29 is 0 Å². The Morgan fingerprint density at radius 3 is 2.21 bits per heavy atom. The van der Waals surface area contributed by atoms with Gasteiger partial charge in [0.1, 0.15) is 0 Å². The summed E-state index contributed by atoms with van der Waals surface area (Å²) in [6.07, 6.45) is 0. The Hall–Kier alpha value is -0.530. The summed E-state index contributed by atoms with van der Waals surface area (Å²) >= 11 is 5.80. The molecule has 1 nitrogen and oxygen atoms in total. The van der Waals surface area contributed by atoms with Crippen molar-refractivity contribution in [1.29, 1.82) is 0 Å². The van der Waals surface area contributed by atoms with Gasteiger partial charge in [-0.1, -0.05) is 44.5 Å². The van der Waals surface area contributed by atoms with Crippen molar-refractivity contribution in [2.45, 2.75) is 27.3 Å². The molecule has 0 aliphatic carbocycles. The molecule has 0 spiro atoms. The molecule has 1 aromatic rings. The first-order chi connectivity index (χ1) is 6.47. The first kappa shape index (κ1) is 11.5. The molecule has 78 valence electrons. The van der Waals surface area contributed by atoms with E-state index in [0.29, 0.717) is 5.41 Å². The van der Waals surface area contributed by atoms with Crippen LogP contribution in [0, 0.1) is 5.41 Å². The summed E-state index contributed by atoms with van der Waals surface area (Å²) in [7, 11) is 0. The third-order valence-corrected chi connectivity index (χ3v) is 2.15. The third kappa shape index (κ3) is 4.64. The molecular weight excluding hydrogens is 194 g/mol. The van der Waals surface area contributed by atoms with Gasteiger partial charge in [0.2, 0.25) is 0 Å². The van der Waals surface area contributed by atoms with Crippen molar-refractivity contribution in [3.63, 3.8) is 0 Å². The van der Waals surface area contributed by atoms with E-state index in [1.165, 1.54) is 5.56 Å². The maximum atomic E-state index is 5.80. The van der Waals surface area contributed by atoms with Crippen molar-refractivity contribution in [3.8, 4) is 0 Å². The highest BCUT2D eigenvalue weighted by molar-refractivity contribution is 6.30. The van der Waals surface area contributed by atoms with Gasteiger partial charge in [-0.3, -0.25) is 0 Å². The van der Waals surface area contributed by atoms with Crippen molar-refractivity contribution in [2.24, 2.45) is 5.41 Å². The van der Waals surface area contributed by atoms with Gasteiger partial charge in [-0.05, 0) is 23.1 Å². The molecule has 0 amide bonds.